The van der Waals surface area contributed by atoms with Gasteiger partial charge in [-0.3, -0.25) is 0 Å². The fraction of sp³-hybridized carbons (Fsp3) is 0.211. The monoisotopic (exact) mass is 924 g/mol. The van der Waals surface area contributed by atoms with E-state index in [1.807, 2.05) is 12.1 Å². The average molecular weight is 926 g/mol. The van der Waals surface area contributed by atoms with Crippen molar-refractivity contribution < 1.29 is 53.4 Å². The number of rotatable bonds is 12. The largest absolute Gasteiger partial charge is 0.439 e. The molecule has 0 aliphatic carbocycles. The van der Waals surface area contributed by atoms with Gasteiger partial charge in [-0.25, -0.2) is 47.5 Å². The lowest BCUT2D eigenvalue weighted by Gasteiger charge is -2.10. The van der Waals surface area contributed by atoms with Crippen molar-refractivity contribution in [2.24, 2.45) is 5.73 Å². The average Bonchev–Trinajstić information content (AvgIpc) is 3.21. The molecule has 0 saturated carbocycles. The number of halogens is 13. The number of nitrogens with two attached hydrogens (primary N) is 1. The molecule has 0 fully saturated rings. The second-order valence-corrected chi connectivity index (χ2v) is 13.0. The molecular formula is C38H29Cl3F10N8O2. The number of ether oxygens (including phenoxy) is 2. The number of anilines is 1. The lowest BCUT2D eigenvalue weighted by molar-refractivity contribution is -0.138. The first kappa shape index (κ1) is 48.1. The third kappa shape index (κ3) is 15.1. The third-order valence-electron chi connectivity index (χ3n) is 7.56. The lowest BCUT2D eigenvalue weighted by atomic mass is 10.1. The standard InChI is InChI=1S/C19H14ClF5N4O.C14H13F3N2O.C5H2Cl2F2N2/c20-15-16(17(21)22)28-10-29-18(15)26-8-7-11-1-4-13(5-2-11)30-14-6-3-12(9-27-14)19(23,24)25;15-14(16,17)11-3-6-13(19-9-11)20-12-4-1-10(2-5-12)7-8-18;6-2-3(5(8)9)10-1-11-4(2)7/h1-6,9-10,17H,7-8H2,(H,26,28,29);1-6,9H,7-8,18H2;1,5H. The first-order valence-electron chi connectivity index (χ1n) is 17.1. The number of nitrogens with one attached hydrogen (secondary N) is 1. The van der Waals surface area contributed by atoms with Crippen LogP contribution in [0.4, 0.5) is 49.7 Å². The molecule has 4 heterocycles. The van der Waals surface area contributed by atoms with E-state index < -0.39 is 47.7 Å². The van der Waals surface area contributed by atoms with E-state index in [-0.39, 0.29) is 32.8 Å². The van der Waals surface area contributed by atoms with Gasteiger partial charge in [-0.1, -0.05) is 59.1 Å². The van der Waals surface area contributed by atoms with Crippen molar-refractivity contribution in [1.82, 2.24) is 29.9 Å². The molecule has 0 spiro atoms. The van der Waals surface area contributed by atoms with Gasteiger partial charge in [0.25, 0.3) is 12.9 Å². The highest BCUT2D eigenvalue weighted by Gasteiger charge is 2.31. The van der Waals surface area contributed by atoms with Gasteiger partial charge in [-0.15, -0.1) is 0 Å². The Morgan fingerprint density at radius 1 is 0.557 bits per heavy atom. The first-order chi connectivity index (χ1) is 28.8. The number of benzene rings is 2. The molecule has 6 aromatic rings. The fourth-order valence-electron chi connectivity index (χ4n) is 4.57. The Balaban J connectivity index is 0.000000226. The normalized spacial score (nSPS) is 11.3. The summed E-state index contributed by atoms with van der Waals surface area (Å²) in [5, 5.41) is 2.21. The molecule has 23 heteroatoms. The quantitative estimate of drug-likeness (QED) is 0.0902. The maximum absolute atomic E-state index is 12.8. The van der Waals surface area contributed by atoms with Gasteiger partial charge in [-0.05, 0) is 66.9 Å². The summed E-state index contributed by atoms with van der Waals surface area (Å²) in [6, 6.07) is 18.1. The number of aromatic nitrogens is 6. The SMILES string of the molecule is FC(F)c1ncnc(Cl)c1Cl.FC(F)c1ncnc(NCCc2ccc(Oc3ccc(C(F)(F)F)cn3)cc2)c1Cl.NCCc1ccc(Oc2ccc(C(F)(F)F)cn2)cc1. The molecule has 0 radical (unpaired) electrons. The van der Waals surface area contributed by atoms with E-state index in [0.29, 0.717) is 37.2 Å². The maximum atomic E-state index is 12.8. The summed E-state index contributed by atoms with van der Waals surface area (Å²) in [7, 11) is 0. The second-order valence-electron chi connectivity index (χ2n) is 11.9. The number of pyridine rings is 2. The van der Waals surface area contributed by atoms with Crippen molar-refractivity contribution in [2.75, 3.05) is 18.4 Å². The highest BCUT2D eigenvalue weighted by atomic mass is 35.5. The topological polar surface area (TPSA) is 134 Å². The predicted molar refractivity (Wildman–Crippen MR) is 205 cm³/mol. The van der Waals surface area contributed by atoms with Crippen molar-refractivity contribution in [3.05, 3.63) is 147 Å². The van der Waals surface area contributed by atoms with Gasteiger partial charge >= 0.3 is 12.4 Å². The van der Waals surface area contributed by atoms with Gasteiger partial charge in [0.05, 0.1) is 11.1 Å². The lowest BCUT2D eigenvalue weighted by Crippen LogP contribution is -2.08. The van der Waals surface area contributed by atoms with Crippen molar-refractivity contribution in [2.45, 2.75) is 38.0 Å². The molecular weight excluding hydrogens is 897 g/mol. The van der Waals surface area contributed by atoms with E-state index in [1.54, 1.807) is 36.4 Å². The summed E-state index contributed by atoms with van der Waals surface area (Å²) in [5.41, 5.74) is 4.67. The zero-order valence-electron chi connectivity index (χ0n) is 30.7. The Kier molecular flexibility index (Phi) is 17.6. The molecule has 0 amide bonds. The molecule has 10 nitrogen and oxygen atoms in total. The van der Waals surface area contributed by atoms with Crippen LogP contribution in [0.25, 0.3) is 0 Å². The van der Waals surface area contributed by atoms with Crippen LogP contribution < -0.4 is 20.5 Å². The Labute approximate surface area is 355 Å². The Morgan fingerprint density at radius 3 is 1.39 bits per heavy atom. The van der Waals surface area contributed by atoms with E-state index in [9.17, 15) is 43.9 Å². The van der Waals surface area contributed by atoms with Crippen LogP contribution in [-0.4, -0.2) is 43.0 Å². The van der Waals surface area contributed by atoms with Crippen LogP contribution in [-0.2, 0) is 25.2 Å². The van der Waals surface area contributed by atoms with Crippen LogP contribution in [0.3, 0.4) is 0 Å². The summed E-state index contributed by atoms with van der Waals surface area (Å²) in [4.78, 5) is 21.3. The summed E-state index contributed by atoms with van der Waals surface area (Å²) >= 11 is 16.6. The minimum Gasteiger partial charge on any atom is -0.439 e. The second kappa shape index (κ2) is 22.3. The van der Waals surface area contributed by atoms with Crippen molar-refractivity contribution >= 4 is 40.6 Å². The zero-order chi connectivity index (χ0) is 44.7. The van der Waals surface area contributed by atoms with Gasteiger partial charge < -0.3 is 20.5 Å². The van der Waals surface area contributed by atoms with Gasteiger partial charge in [0.15, 0.2) is 5.15 Å². The number of nitrogens with zero attached hydrogens (tertiary/aromatic N) is 6. The molecule has 0 atom stereocenters. The minimum absolute atomic E-state index is 0.0330. The fourth-order valence-corrected chi connectivity index (χ4v) is 5.14. The molecule has 6 rings (SSSR count). The van der Waals surface area contributed by atoms with E-state index in [1.165, 1.54) is 6.07 Å². The van der Waals surface area contributed by atoms with Crippen molar-refractivity contribution in [3.63, 3.8) is 0 Å². The van der Waals surface area contributed by atoms with E-state index in [0.717, 1.165) is 54.6 Å². The number of alkyl halides is 10. The molecule has 0 aliphatic heterocycles. The summed E-state index contributed by atoms with van der Waals surface area (Å²) in [6.07, 6.45) is -9.68. The molecule has 2 aromatic carbocycles. The van der Waals surface area contributed by atoms with Crippen LogP contribution >= 0.6 is 34.8 Å². The zero-order valence-corrected chi connectivity index (χ0v) is 33.0. The maximum Gasteiger partial charge on any atom is 0.417 e. The van der Waals surface area contributed by atoms with Gasteiger partial charge in [0.2, 0.25) is 11.8 Å². The van der Waals surface area contributed by atoms with Gasteiger partial charge in [0.1, 0.15) is 51.4 Å². The summed E-state index contributed by atoms with van der Waals surface area (Å²) in [5.74, 6) is 1.18. The molecule has 0 bridgehead atoms. The van der Waals surface area contributed by atoms with E-state index in [4.69, 9.17) is 50.0 Å². The smallest absolute Gasteiger partial charge is 0.417 e. The van der Waals surface area contributed by atoms with E-state index >= 15 is 0 Å². The molecule has 61 heavy (non-hydrogen) atoms. The Morgan fingerprint density at radius 2 is 1.00 bits per heavy atom. The van der Waals surface area contributed by atoms with Crippen LogP contribution in [0.15, 0.2) is 97.8 Å². The molecule has 324 valence electrons. The predicted octanol–water partition coefficient (Wildman–Crippen LogP) is 12.0. The van der Waals surface area contributed by atoms with Crippen LogP contribution in [0.2, 0.25) is 15.2 Å². The molecule has 0 saturated heterocycles. The minimum atomic E-state index is -4.46. The first-order valence-corrected chi connectivity index (χ1v) is 18.3. The molecule has 0 aliphatic rings. The Hall–Kier alpha value is -5.57. The third-order valence-corrected chi connectivity index (χ3v) is 8.69. The highest BCUT2D eigenvalue weighted by Crippen LogP contribution is 2.33. The molecule has 3 N–H and O–H groups in total. The van der Waals surface area contributed by atoms with Crippen molar-refractivity contribution in [3.8, 4) is 23.3 Å². The highest BCUT2D eigenvalue weighted by molar-refractivity contribution is 6.41. The number of hydrogen-bond donors (Lipinski definition) is 2. The summed E-state index contributed by atoms with van der Waals surface area (Å²) in [6.45, 7) is 0.931. The molecule has 0 unspecified atom stereocenters. The van der Waals surface area contributed by atoms with Gasteiger partial charge in [-0.2, -0.15) is 26.3 Å². The Bertz CT molecular complexity index is 2280. The van der Waals surface area contributed by atoms with Crippen molar-refractivity contribution in [1.29, 1.82) is 0 Å². The van der Waals surface area contributed by atoms with Crippen LogP contribution in [0, 0.1) is 0 Å². The molecule has 4 aromatic heterocycles. The van der Waals surface area contributed by atoms with Crippen LogP contribution in [0.5, 0.6) is 23.3 Å². The summed E-state index contributed by atoms with van der Waals surface area (Å²) < 4.78 is 135. The van der Waals surface area contributed by atoms with Gasteiger partial charge in [0, 0.05) is 31.1 Å². The number of hydrogen-bond acceptors (Lipinski definition) is 10. The van der Waals surface area contributed by atoms with Crippen LogP contribution in [0.1, 0.15) is 46.5 Å². The van der Waals surface area contributed by atoms with E-state index in [2.05, 4.69) is 35.2 Å².